The van der Waals surface area contributed by atoms with Gasteiger partial charge >= 0.3 is 0 Å². The summed E-state index contributed by atoms with van der Waals surface area (Å²) in [5, 5.41) is 4.32. The fraction of sp³-hybridized carbons (Fsp3) is 0.400. The molecule has 0 aliphatic heterocycles. The van der Waals surface area contributed by atoms with Gasteiger partial charge in [-0.15, -0.1) is 0 Å². The largest absolute Gasteiger partial charge is 0.496 e. The molecule has 0 aliphatic carbocycles. The normalized spacial score (nSPS) is 12.4. The van der Waals surface area contributed by atoms with Crippen LogP contribution < -0.4 is 10.5 Å². The Balaban J connectivity index is 2.38. The predicted octanol–water partition coefficient (Wildman–Crippen LogP) is 2.66. The van der Waals surface area contributed by atoms with Crippen LogP contribution in [-0.2, 0) is 6.54 Å². The molecule has 0 saturated heterocycles. The zero-order valence-corrected chi connectivity index (χ0v) is 11.8. The van der Waals surface area contributed by atoms with Gasteiger partial charge in [0.05, 0.1) is 18.8 Å². The molecule has 0 fully saturated rings. The Hall–Kier alpha value is -1.81. The van der Waals surface area contributed by atoms with Gasteiger partial charge in [0.25, 0.3) is 0 Å². The topological polar surface area (TPSA) is 53.1 Å². The van der Waals surface area contributed by atoms with E-state index >= 15 is 0 Å². The average Bonchev–Trinajstić information content (AvgIpc) is 2.86. The highest BCUT2D eigenvalue weighted by Gasteiger charge is 2.17. The molecule has 4 nitrogen and oxygen atoms in total. The molecule has 1 atom stereocenters. The van der Waals surface area contributed by atoms with E-state index in [2.05, 4.69) is 18.1 Å². The SMILES string of the molecule is CCCn1nccc1C(N)c1ccc(C)cc1OC. The third-order valence-electron chi connectivity index (χ3n) is 3.23. The third-order valence-corrected chi connectivity index (χ3v) is 3.23. The van der Waals surface area contributed by atoms with Gasteiger partial charge in [0.2, 0.25) is 0 Å². The fourth-order valence-electron chi connectivity index (χ4n) is 2.24. The molecule has 0 spiro atoms. The summed E-state index contributed by atoms with van der Waals surface area (Å²) in [6.07, 6.45) is 2.83. The molecule has 1 heterocycles. The Bertz CT molecular complexity index is 548. The van der Waals surface area contributed by atoms with Gasteiger partial charge in [-0.05, 0) is 31.0 Å². The van der Waals surface area contributed by atoms with Crippen molar-refractivity contribution in [2.75, 3.05) is 7.11 Å². The van der Waals surface area contributed by atoms with Crippen molar-refractivity contribution in [3.05, 3.63) is 47.3 Å². The lowest BCUT2D eigenvalue weighted by molar-refractivity contribution is 0.406. The van der Waals surface area contributed by atoms with E-state index in [0.29, 0.717) is 0 Å². The number of methoxy groups -OCH3 is 1. The van der Waals surface area contributed by atoms with Gasteiger partial charge in [0, 0.05) is 18.3 Å². The Morgan fingerprint density at radius 2 is 2.16 bits per heavy atom. The molecule has 0 amide bonds. The molecule has 1 aromatic heterocycles. The standard InChI is InChI=1S/C15H21N3O/c1-4-9-18-13(7-8-17-18)15(16)12-6-5-11(2)10-14(12)19-3/h5-8,10,15H,4,9,16H2,1-3H3. The average molecular weight is 259 g/mol. The van der Waals surface area contributed by atoms with Crippen LogP contribution in [0.3, 0.4) is 0 Å². The highest BCUT2D eigenvalue weighted by Crippen LogP contribution is 2.29. The summed E-state index contributed by atoms with van der Waals surface area (Å²) >= 11 is 0. The summed E-state index contributed by atoms with van der Waals surface area (Å²) in [6, 6.07) is 7.85. The monoisotopic (exact) mass is 259 g/mol. The summed E-state index contributed by atoms with van der Waals surface area (Å²) in [6.45, 7) is 5.05. The highest BCUT2D eigenvalue weighted by molar-refractivity contribution is 5.42. The molecular weight excluding hydrogens is 238 g/mol. The molecule has 0 radical (unpaired) electrons. The summed E-state index contributed by atoms with van der Waals surface area (Å²) in [4.78, 5) is 0. The third kappa shape index (κ3) is 2.79. The summed E-state index contributed by atoms with van der Waals surface area (Å²) in [7, 11) is 1.67. The van der Waals surface area contributed by atoms with Crippen molar-refractivity contribution in [1.82, 2.24) is 9.78 Å². The van der Waals surface area contributed by atoms with E-state index in [4.69, 9.17) is 10.5 Å². The van der Waals surface area contributed by atoms with Crippen LogP contribution in [-0.4, -0.2) is 16.9 Å². The van der Waals surface area contributed by atoms with Crippen molar-refractivity contribution in [3.63, 3.8) is 0 Å². The molecular formula is C15H21N3O. The summed E-state index contributed by atoms with van der Waals surface area (Å²) in [5.41, 5.74) is 9.55. The lowest BCUT2D eigenvalue weighted by atomic mass is 10.0. The van der Waals surface area contributed by atoms with Crippen molar-refractivity contribution in [2.24, 2.45) is 5.73 Å². The molecule has 2 aromatic rings. The van der Waals surface area contributed by atoms with Crippen LogP contribution in [0.2, 0.25) is 0 Å². The Kier molecular flexibility index (Phi) is 4.22. The van der Waals surface area contributed by atoms with Crippen molar-refractivity contribution in [3.8, 4) is 5.75 Å². The second-order valence-electron chi connectivity index (χ2n) is 4.70. The van der Waals surface area contributed by atoms with Gasteiger partial charge < -0.3 is 10.5 Å². The molecule has 1 unspecified atom stereocenters. The van der Waals surface area contributed by atoms with Crippen LogP contribution >= 0.6 is 0 Å². The Labute approximate surface area is 114 Å². The van der Waals surface area contributed by atoms with E-state index in [9.17, 15) is 0 Å². The first-order valence-corrected chi connectivity index (χ1v) is 6.59. The van der Waals surface area contributed by atoms with Crippen molar-refractivity contribution in [1.29, 1.82) is 0 Å². The first kappa shape index (κ1) is 13.6. The summed E-state index contributed by atoms with van der Waals surface area (Å²) < 4.78 is 7.40. The van der Waals surface area contributed by atoms with Crippen molar-refractivity contribution < 1.29 is 4.74 Å². The number of hydrogen-bond donors (Lipinski definition) is 1. The van der Waals surface area contributed by atoms with Gasteiger partial charge in [0.1, 0.15) is 5.75 Å². The number of nitrogens with two attached hydrogens (primary N) is 1. The van der Waals surface area contributed by atoms with E-state index in [1.54, 1.807) is 13.3 Å². The van der Waals surface area contributed by atoms with Crippen LogP contribution in [0.25, 0.3) is 0 Å². The van der Waals surface area contributed by atoms with E-state index in [1.165, 1.54) is 0 Å². The van der Waals surface area contributed by atoms with Crippen LogP contribution in [0.15, 0.2) is 30.5 Å². The van der Waals surface area contributed by atoms with Gasteiger partial charge in [-0.1, -0.05) is 19.1 Å². The maximum Gasteiger partial charge on any atom is 0.124 e. The van der Waals surface area contributed by atoms with Crippen LogP contribution in [0.4, 0.5) is 0 Å². The van der Waals surface area contributed by atoms with Crippen LogP contribution in [0.1, 0.15) is 36.2 Å². The highest BCUT2D eigenvalue weighted by atomic mass is 16.5. The molecule has 0 aliphatic rings. The maximum absolute atomic E-state index is 6.38. The van der Waals surface area contributed by atoms with Gasteiger partial charge in [0.15, 0.2) is 0 Å². The number of nitrogens with zero attached hydrogens (tertiary/aromatic N) is 2. The summed E-state index contributed by atoms with van der Waals surface area (Å²) in [5.74, 6) is 0.830. The molecule has 2 rings (SSSR count). The molecule has 0 bridgehead atoms. The van der Waals surface area contributed by atoms with Crippen molar-refractivity contribution >= 4 is 0 Å². The minimum absolute atomic E-state index is 0.218. The molecule has 19 heavy (non-hydrogen) atoms. The fourth-order valence-corrected chi connectivity index (χ4v) is 2.24. The zero-order chi connectivity index (χ0) is 13.8. The molecule has 4 heteroatoms. The van der Waals surface area contributed by atoms with E-state index in [-0.39, 0.29) is 6.04 Å². The maximum atomic E-state index is 6.38. The van der Waals surface area contributed by atoms with Gasteiger partial charge in [-0.3, -0.25) is 4.68 Å². The lowest BCUT2D eigenvalue weighted by Gasteiger charge is -2.17. The van der Waals surface area contributed by atoms with E-state index < -0.39 is 0 Å². The quantitative estimate of drug-likeness (QED) is 0.898. The zero-order valence-electron chi connectivity index (χ0n) is 11.8. The second kappa shape index (κ2) is 5.89. The van der Waals surface area contributed by atoms with Crippen LogP contribution in [0.5, 0.6) is 5.75 Å². The molecule has 1 aromatic carbocycles. The van der Waals surface area contributed by atoms with E-state index in [1.807, 2.05) is 29.8 Å². The Morgan fingerprint density at radius 3 is 2.84 bits per heavy atom. The number of benzene rings is 1. The minimum atomic E-state index is -0.218. The minimum Gasteiger partial charge on any atom is -0.496 e. The second-order valence-corrected chi connectivity index (χ2v) is 4.70. The van der Waals surface area contributed by atoms with Gasteiger partial charge in [-0.25, -0.2) is 0 Å². The molecule has 102 valence electrons. The number of aromatic nitrogens is 2. The first-order chi connectivity index (χ1) is 9.17. The number of rotatable bonds is 5. The van der Waals surface area contributed by atoms with Gasteiger partial charge in [-0.2, -0.15) is 5.10 Å². The Morgan fingerprint density at radius 1 is 1.37 bits per heavy atom. The predicted molar refractivity (Wildman–Crippen MR) is 76.3 cm³/mol. The number of hydrogen-bond acceptors (Lipinski definition) is 3. The molecule has 0 saturated carbocycles. The molecule has 2 N–H and O–H groups in total. The smallest absolute Gasteiger partial charge is 0.124 e. The number of aryl methyl sites for hydroxylation is 2. The van der Waals surface area contributed by atoms with Crippen molar-refractivity contribution in [2.45, 2.75) is 32.9 Å². The first-order valence-electron chi connectivity index (χ1n) is 6.59. The van der Waals surface area contributed by atoms with Crippen LogP contribution in [0, 0.1) is 6.92 Å². The lowest BCUT2D eigenvalue weighted by Crippen LogP contribution is -2.18. The number of ether oxygens (including phenoxy) is 1. The van der Waals surface area contributed by atoms with E-state index in [0.717, 1.165) is 35.5 Å².